The molecule has 0 unspecified atom stereocenters. The van der Waals surface area contributed by atoms with E-state index < -0.39 is 0 Å². The molecule has 3 saturated heterocycles. The van der Waals surface area contributed by atoms with Gasteiger partial charge in [-0.1, -0.05) is 36.8 Å². The molecule has 0 atom stereocenters. The molecule has 0 radical (unpaired) electrons. The predicted octanol–water partition coefficient (Wildman–Crippen LogP) is 5.48. The standard InChI is InChI=1S/C29H42N4OS/c34-28(30-15-10-16-31-21-13-25(14-22-31)32-17-6-2-7-18-32)27-23-26(24-11-4-1-5-12-24)29(35-27)33-19-8-3-9-20-33/h1,4-5,11-12,23,25H,2-3,6-10,13-22H2,(H,30,34). The van der Waals surface area contributed by atoms with Crippen LogP contribution < -0.4 is 10.2 Å². The van der Waals surface area contributed by atoms with Crippen LogP contribution >= 0.6 is 11.3 Å². The number of carbonyl (C=O) groups excluding carboxylic acids is 1. The third-order valence-corrected chi connectivity index (χ3v) is 9.26. The highest BCUT2D eigenvalue weighted by Crippen LogP contribution is 2.40. The molecule has 1 amide bonds. The van der Waals surface area contributed by atoms with Gasteiger partial charge in [0.25, 0.3) is 5.91 Å². The van der Waals surface area contributed by atoms with E-state index in [1.165, 1.54) is 93.7 Å². The number of benzene rings is 1. The number of anilines is 1. The SMILES string of the molecule is O=C(NCCCN1CCC(N2CCCCC2)CC1)c1cc(-c2ccccc2)c(N2CCCCC2)s1. The number of carbonyl (C=O) groups is 1. The van der Waals surface area contributed by atoms with Crippen LogP contribution in [-0.2, 0) is 0 Å². The van der Waals surface area contributed by atoms with Gasteiger partial charge < -0.3 is 20.0 Å². The summed E-state index contributed by atoms with van der Waals surface area (Å²) in [6.45, 7) is 9.06. The molecule has 0 spiro atoms. The fraction of sp³-hybridized carbons (Fsp3) is 0.621. The van der Waals surface area contributed by atoms with Gasteiger partial charge in [0.1, 0.15) is 0 Å². The van der Waals surface area contributed by atoms with E-state index in [1.54, 1.807) is 11.3 Å². The maximum atomic E-state index is 13.1. The van der Waals surface area contributed by atoms with Crippen molar-refractivity contribution in [2.75, 3.05) is 57.3 Å². The maximum Gasteiger partial charge on any atom is 0.261 e. The molecule has 3 aliphatic heterocycles. The number of amides is 1. The number of rotatable bonds is 8. The van der Waals surface area contributed by atoms with Crippen molar-refractivity contribution in [3.05, 3.63) is 41.3 Å². The first-order valence-electron chi connectivity index (χ1n) is 14.0. The molecule has 35 heavy (non-hydrogen) atoms. The van der Waals surface area contributed by atoms with E-state index in [1.807, 2.05) is 0 Å². The fourth-order valence-electron chi connectivity index (χ4n) is 6.03. The summed E-state index contributed by atoms with van der Waals surface area (Å²) in [4.78, 5) is 21.7. The number of nitrogens with one attached hydrogen (secondary N) is 1. The lowest BCUT2D eigenvalue weighted by Crippen LogP contribution is -2.47. The van der Waals surface area contributed by atoms with Crippen molar-refractivity contribution in [2.24, 2.45) is 0 Å². The Morgan fingerprint density at radius 2 is 1.57 bits per heavy atom. The molecule has 190 valence electrons. The Morgan fingerprint density at radius 1 is 0.886 bits per heavy atom. The summed E-state index contributed by atoms with van der Waals surface area (Å²) in [7, 11) is 0. The van der Waals surface area contributed by atoms with Gasteiger partial charge in [-0.15, -0.1) is 11.3 Å². The lowest BCUT2D eigenvalue weighted by Gasteiger charge is -2.40. The Morgan fingerprint density at radius 3 is 2.29 bits per heavy atom. The second kappa shape index (κ2) is 12.4. The number of likely N-dealkylation sites (tertiary alicyclic amines) is 2. The van der Waals surface area contributed by atoms with E-state index in [9.17, 15) is 4.79 Å². The molecule has 4 heterocycles. The van der Waals surface area contributed by atoms with Crippen LogP contribution in [0.4, 0.5) is 5.00 Å². The Bertz CT molecular complexity index is 925. The lowest BCUT2D eigenvalue weighted by atomic mass is 10.00. The number of piperidine rings is 3. The predicted molar refractivity (Wildman–Crippen MR) is 148 cm³/mol. The van der Waals surface area contributed by atoms with Gasteiger partial charge in [-0.05, 0) is 95.7 Å². The topological polar surface area (TPSA) is 38.8 Å². The summed E-state index contributed by atoms with van der Waals surface area (Å²) in [5.74, 6) is 0.0826. The third kappa shape index (κ3) is 6.46. The highest BCUT2D eigenvalue weighted by Gasteiger charge is 2.25. The van der Waals surface area contributed by atoms with Crippen LogP contribution in [0.5, 0.6) is 0 Å². The van der Waals surface area contributed by atoms with Gasteiger partial charge in [-0.2, -0.15) is 0 Å². The van der Waals surface area contributed by atoms with Gasteiger partial charge in [0.2, 0.25) is 0 Å². The summed E-state index contributed by atoms with van der Waals surface area (Å²) in [6.07, 6.45) is 11.6. The van der Waals surface area contributed by atoms with Gasteiger partial charge in [0.15, 0.2) is 0 Å². The number of hydrogen-bond acceptors (Lipinski definition) is 5. The molecular formula is C29H42N4OS. The van der Waals surface area contributed by atoms with Crippen molar-refractivity contribution in [1.29, 1.82) is 0 Å². The van der Waals surface area contributed by atoms with Gasteiger partial charge in [-0.3, -0.25) is 4.79 Å². The monoisotopic (exact) mass is 494 g/mol. The first-order valence-corrected chi connectivity index (χ1v) is 14.8. The maximum absolute atomic E-state index is 13.1. The second-order valence-corrected chi connectivity index (χ2v) is 11.6. The van der Waals surface area contributed by atoms with Gasteiger partial charge in [0.05, 0.1) is 9.88 Å². The Hall–Kier alpha value is -1.89. The minimum absolute atomic E-state index is 0.0826. The highest BCUT2D eigenvalue weighted by molar-refractivity contribution is 7.18. The van der Waals surface area contributed by atoms with E-state index in [-0.39, 0.29) is 5.91 Å². The Labute approximate surface area is 215 Å². The second-order valence-electron chi connectivity index (χ2n) is 10.5. The lowest BCUT2D eigenvalue weighted by molar-refractivity contribution is 0.0904. The van der Waals surface area contributed by atoms with Crippen molar-refractivity contribution < 1.29 is 4.79 Å². The molecule has 1 aromatic carbocycles. The zero-order chi connectivity index (χ0) is 23.9. The smallest absolute Gasteiger partial charge is 0.261 e. The summed E-state index contributed by atoms with van der Waals surface area (Å²) in [5.41, 5.74) is 2.41. The summed E-state index contributed by atoms with van der Waals surface area (Å²) in [6, 6.07) is 13.5. The molecule has 0 saturated carbocycles. The molecule has 3 aliphatic rings. The first kappa shape index (κ1) is 24.8. The summed E-state index contributed by atoms with van der Waals surface area (Å²) in [5, 5.41) is 4.47. The molecule has 1 N–H and O–H groups in total. The van der Waals surface area contributed by atoms with Crippen LogP contribution in [0, 0.1) is 0 Å². The van der Waals surface area contributed by atoms with Crippen molar-refractivity contribution in [1.82, 2.24) is 15.1 Å². The van der Waals surface area contributed by atoms with E-state index >= 15 is 0 Å². The number of nitrogens with zero attached hydrogens (tertiary/aromatic N) is 3. The molecule has 5 rings (SSSR count). The molecule has 0 aliphatic carbocycles. The third-order valence-electron chi connectivity index (χ3n) is 8.07. The van der Waals surface area contributed by atoms with Gasteiger partial charge >= 0.3 is 0 Å². The quantitative estimate of drug-likeness (QED) is 0.494. The van der Waals surface area contributed by atoms with Crippen molar-refractivity contribution >= 4 is 22.2 Å². The molecule has 2 aromatic rings. The molecule has 6 heteroatoms. The molecule has 3 fully saturated rings. The highest BCUT2D eigenvalue weighted by atomic mass is 32.1. The van der Waals surface area contributed by atoms with Crippen molar-refractivity contribution in [3.8, 4) is 11.1 Å². The average molecular weight is 495 g/mol. The Balaban J connectivity index is 1.11. The average Bonchev–Trinajstić information content (AvgIpc) is 3.39. The Kier molecular flexibility index (Phi) is 8.77. The van der Waals surface area contributed by atoms with Crippen LogP contribution in [0.3, 0.4) is 0 Å². The zero-order valence-corrected chi connectivity index (χ0v) is 22.0. The van der Waals surface area contributed by atoms with E-state index in [4.69, 9.17) is 0 Å². The van der Waals surface area contributed by atoms with Crippen molar-refractivity contribution in [3.63, 3.8) is 0 Å². The molecule has 5 nitrogen and oxygen atoms in total. The van der Waals surface area contributed by atoms with E-state index in [0.29, 0.717) is 0 Å². The normalized spacial score (nSPS) is 20.7. The summed E-state index contributed by atoms with van der Waals surface area (Å²) < 4.78 is 0. The number of thiophene rings is 1. The minimum atomic E-state index is 0.0826. The fourth-order valence-corrected chi connectivity index (χ4v) is 7.18. The van der Waals surface area contributed by atoms with Crippen LogP contribution in [0.25, 0.3) is 11.1 Å². The van der Waals surface area contributed by atoms with Crippen LogP contribution in [-0.4, -0.2) is 74.1 Å². The molecular weight excluding hydrogens is 452 g/mol. The molecule has 1 aromatic heterocycles. The summed E-state index contributed by atoms with van der Waals surface area (Å²) >= 11 is 1.67. The van der Waals surface area contributed by atoms with Crippen molar-refractivity contribution in [2.45, 2.75) is 63.8 Å². The minimum Gasteiger partial charge on any atom is -0.363 e. The van der Waals surface area contributed by atoms with E-state index in [0.717, 1.165) is 43.5 Å². The van der Waals surface area contributed by atoms with Crippen LogP contribution in [0.15, 0.2) is 36.4 Å². The van der Waals surface area contributed by atoms with Gasteiger partial charge in [-0.25, -0.2) is 0 Å². The van der Waals surface area contributed by atoms with Crippen LogP contribution in [0.2, 0.25) is 0 Å². The zero-order valence-electron chi connectivity index (χ0n) is 21.2. The van der Waals surface area contributed by atoms with E-state index in [2.05, 4.69) is 56.4 Å². The first-order chi connectivity index (χ1) is 17.3. The molecule has 0 bridgehead atoms. The largest absolute Gasteiger partial charge is 0.363 e. The number of hydrogen-bond donors (Lipinski definition) is 1. The van der Waals surface area contributed by atoms with Crippen LogP contribution in [0.1, 0.15) is 67.5 Å². The van der Waals surface area contributed by atoms with Gasteiger partial charge in [0, 0.05) is 31.2 Å².